The number of pyridine rings is 2. The van der Waals surface area contributed by atoms with Gasteiger partial charge in [-0.1, -0.05) is 36.4 Å². The first kappa shape index (κ1) is 20.3. The summed E-state index contributed by atoms with van der Waals surface area (Å²) in [6.07, 6.45) is 3.53. The number of phenolic OH excluding ortho intramolecular Hbond substituents is 1. The molecule has 0 radical (unpaired) electrons. The van der Waals surface area contributed by atoms with Crippen molar-refractivity contribution in [2.45, 2.75) is 12.8 Å². The number of benzene rings is 3. The van der Waals surface area contributed by atoms with Crippen LogP contribution in [-0.4, -0.2) is 15.1 Å². The second-order valence-electron chi connectivity index (χ2n) is 8.49. The van der Waals surface area contributed by atoms with E-state index in [1.54, 1.807) is 18.3 Å². The second kappa shape index (κ2) is 8.23. The standard InChI is InChI=1S/C30H21FN2O/c31-22-12-8-19(9-13-22)25-17-21(27-6-3-4-16-32-27)18-26-23(25)14-10-20-11-15-28(33-30(20)26)24-5-1-2-7-29(24)34/h1-9,11-13,15-18,34H,10,14H2. The van der Waals surface area contributed by atoms with Crippen molar-refractivity contribution in [1.82, 2.24) is 9.97 Å². The summed E-state index contributed by atoms with van der Waals surface area (Å²) >= 11 is 0. The Morgan fingerprint density at radius 2 is 1.47 bits per heavy atom. The Morgan fingerprint density at radius 3 is 2.26 bits per heavy atom. The van der Waals surface area contributed by atoms with Crippen LogP contribution < -0.4 is 0 Å². The van der Waals surface area contributed by atoms with Crippen molar-refractivity contribution in [2.24, 2.45) is 0 Å². The van der Waals surface area contributed by atoms with E-state index in [0.29, 0.717) is 5.56 Å². The molecule has 0 atom stereocenters. The third-order valence-electron chi connectivity index (χ3n) is 6.42. The molecule has 2 aromatic heterocycles. The second-order valence-corrected chi connectivity index (χ2v) is 8.49. The summed E-state index contributed by atoms with van der Waals surface area (Å²) in [6.45, 7) is 0. The van der Waals surface area contributed by atoms with Gasteiger partial charge in [0, 0.05) is 22.9 Å². The number of phenols is 1. The maximum absolute atomic E-state index is 13.7. The van der Waals surface area contributed by atoms with Gasteiger partial charge in [-0.15, -0.1) is 0 Å². The molecular weight excluding hydrogens is 423 g/mol. The van der Waals surface area contributed by atoms with Gasteiger partial charge in [-0.3, -0.25) is 4.98 Å². The Kier molecular flexibility index (Phi) is 4.92. The molecule has 0 spiro atoms. The summed E-state index contributed by atoms with van der Waals surface area (Å²) in [5.41, 5.74) is 9.68. The van der Waals surface area contributed by atoms with Gasteiger partial charge in [-0.2, -0.15) is 0 Å². The Morgan fingerprint density at radius 1 is 0.676 bits per heavy atom. The number of aromatic hydroxyl groups is 1. The van der Waals surface area contributed by atoms with Crippen LogP contribution in [0.5, 0.6) is 5.75 Å². The molecule has 0 aliphatic heterocycles. The molecule has 5 aromatic rings. The lowest BCUT2D eigenvalue weighted by molar-refractivity contribution is 0.477. The fourth-order valence-corrected chi connectivity index (χ4v) is 4.74. The van der Waals surface area contributed by atoms with Crippen LogP contribution in [0.1, 0.15) is 11.1 Å². The van der Waals surface area contributed by atoms with E-state index in [1.807, 2.05) is 48.5 Å². The Balaban J connectivity index is 1.60. The highest BCUT2D eigenvalue weighted by Crippen LogP contribution is 2.42. The third kappa shape index (κ3) is 3.54. The lowest BCUT2D eigenvalue weighted by atomic mass is 9.82. The molecule has 1 N–H and O–H groups in total. The van der Waals surface area contributed by atoms with Crippen molar-refractivity contribution in [2.75, 3.05) is 0 Å². The van der Waals surface area contributed by atoms with Gasteiger partial charge in [0.25, 0.3) is 0 Å². The summed E-state index contributed by atoms with van der Waals surface area (Å²) in [6, 6.07) is 28.2. The zero-order valence-electron chi connectivity index (χ0n) is 18.4. The van der Waals surface area contributed by atoms with E-state index in [1.165, 1.54) is 23.3 Å². The zero-order valence-corrected chi connectivity index (χ0v) is 18.4. The molecule has 4 heteroatoms. The van der Waals surface area contributed by atoms with Crippen LogP contribution >= 0.6 is 0 Å². The molecule has 2 heterocycles. The Labute approximate surface area is 197 Å². The number of nitrogens with zero attached hydrogens (tertiary/aromatic N) is 2. The van der Waals surface area contributed by atoms with Crippen LogP contribution in [0.25, 0.3) is 44.9 Å². The fraction of sp³-hybridized carbons (Fsp3) is 0.0667. The summed E-state index contributed by atoms with van der Waals surface area (Å²) in [7, 11) is 0. The number of aromatic nitrogens is 2. The van der Waals surface area contributed by atoms with Gasteiger partial charge in [0.05, 0.1) is 17.1 Å². The number of para-hydroxylation sites is 1. The predicted molar refractivity (Wildman–Crippen MR) is 133 cm³/mol. The minimum Gasteiger partial charge on any atom is -0.507 e. The van der Waals surface area contributed by atoms with Crippen LogP contribution in [0.2, 0.25) is 0 Å². The van der Waals surface area contributed by atoms with Crippen LogP contribution in [-0.2, 0) is 12.8 Å². The van der Waals surface area contributed by atoms with Crippen LogP contribution in [0.3, 0.4) is 0 Å². The van der Waals surface area contributed by atoms with Crippen molar-refractivity contribution < 1.29 is 9.50 Å². The van der Waals surface area contributed by atoms with Gasteiger partial charge < -0.3 is 5.11 Å². The normalized spacial score (nSPS) is 12.1. The lowest BCUT2D eigenvalue weighted by Crippen LogP contribution is -2.08. The molecule has 0 saturated carbocycles. The van der Waals surface area contributed by atoms with E-state index in [2.05, 4.69) is 23.2 Å². The van der Waals surface area contributed by atoms with Crippen LogP contribution in [0.15, 0.2) is 97.2 Å². The largest absolute Gasteiger partial charge is 0.507 e. The molecule has 164 valence electrons. The van der Waals surface area contributed by atoms with Gasteiger partial charge in [0.2, 0.25) is 0 Å². The van der Waals surface area contributed by atoms with Gasteiger partial charge >= 0.3 is 0 Å². The molecule has 3 aromatic carbocycles. The molecule has 0 fully saturated rings. The van der Waals surface area contributed by atoms with Crippen LogP contribution in [0.4, 0.5) is 4.39 Å². The average molecular weight is 445 g/mol. The monoisotopic (exact) mass is 444 g/mol. The van der Waals surface area contributed by atoms with E-state index in [-0.39, 0.29) is 11.6 Å². The highest BCUT2D eigenvalue weighted by atomic mass is 19.1. The molecule has 0 amide bonds. The molecular formula is C30H21FN2O. The van der Waals surface area contributed by atoms with E-state index in [4.69, 9.17) is 4.98 Å². The topological polar surface area (TPSA) is 46.0 Å². The van der Waals surface area contributed by atoms with Crippen molar-refractivity contribution in [3.8, 4) is 50.6 Å². The highest BCUT2D eigenvalue weighted by Gasteiger charge is 2.23. The first-order valence-electron chi connectivity index (χ1n) is 11.3. The number of aryl methyl sites for hydroxylation is 1. The van der Waals surface area contributed by atoms with Crippen molar-refractivity contribution in [1.29, 1.82) is 0 Å². The number of hydrogen-bond acceptors (Lipinski definition) is 3. The number of fused-ring (bicyclic) bond motifs is 3. The molecule has 0 bridgehead atoms. The molecule has 6 rings (SSSR count). The van der Waals surface area contributed by atoms with Crippen molar-refractivity contribution in [3.63, 3.8) is 0 Å². The number of halogens is 1. The summed E-state index contributed by atoms with van der Waals surface area (Å²) in [5, 5.41) is 10.4. The molecule has 0 unspecified atom stereocenters. The summed E-state index contributed by atoms with van der Waals surface area (Å²) < 4.78 is 13.7. The lowest BCUT2D eigenvalue weighted by Gasteiger charge is -2.24. The Hall–Kier alpha value is -4.31. The van der Waals surface area contributed by atoms with E-state index in [0.717, 1.165) is 52.2 Å². The summed E-state index contributed by atoms with van der Waals surface area (Å²) in [5.74, 6) is -0.0435. The Bertz CT molecular complexity index is 1510. The quantitative estimate of drug-likeness (QED) is 0.323. The molecule has 0 saturated heterocycles. The van der Waals surface area contributed by atoms with E-state index < -0.39 is 0 Å². The predicted octanol–water partition coefficient (Wildman–Crippen LogP) is 7.09. The zero-order chi connectivity index (χ0) is 23.1. The minimum absolute atomic E-state index is 0.209. The van der Waals surface area contributed by atoms with Crippen molar-refractivity contribution in [3.05, 3.63) is 114 Å². The van der Waals surface area contributed by atoms with Gasteiger partial charge in [0.15, 0.2) is 0 Å². The first-order chi connectivity index (χ1) is 16.7. The SMILES string of the molecule is Oc1ccccc1-c1ccc2c(n1)-c1cc(-c3ccccn3)cc(-c3ccc(F)cc3)c1CC2. The van der Waals surface area contributed by atoms with E-state index in [9.17, 15) is 9.50 Å². The fourth-order valence-electron chi connectivity index (χ4n) is 4.74. The van der Waals surface area contributed by atoms with Crippen molar-refractivity contribution >= 4 is 0 Å². The maximum atomic E-state index is 13.7. The van der Waals surface area contributed by atoms with Gasteiger partial charge in [-0.05, 0) is 89.7 Å². The molecule has 1 aliphatic rings. The molecule has 34 heavy (non-hydrogen) atoms. The maximum Gasteiger partial charge on any atom is 0.124 e. The van der Waals surface area contributed by atoms with Crippen LogP contribution in [0, 0.1) is 5.82 Å². The third-order valence-corrected chi connectivity index (χ3v) is 6.42. The molecule has 3 nitrogen and oxygen atoms in total. The smallest absolute Gasteiger partial charge is 0.124 e. The molecule has 1 aliphatic carbocycles. The van der Waals surface area contributed by atoms with Gasteiger partial charge in [0.1, 0.15) is 11.6 Å². The first-order valence-corrected chi connectivity index (χ1v) is 11.3. The summed E-state index contributed by atoms with van der Waals surface area (Å²) in [4.78, 5) is 9.60. The minimum atomic E-state index is -0.252. The highest BCUT2D eigenvalue weighted by molar-refractivity contribution is 5.86. The number of rotatable bonds is 3. The van der Waals surface area contributed by atoms with Gasteiger partial charge in [-0.25, -0.2) is 9.37 Å². The average Bonchev–Trinajstić information content (AvgIpc) is 2.89. The number of hydrogen-bond donors (Lipinski definition) is 1. The van der Waals surface area contributed by atoms with E-state index >= 15 is 0 Å².